The largest absolute Gasteiger partial charge is 0.495 e. The molecule has 1 aromatic carbocycles. The van der Waals surface area contributed by atoms with Crippen molar-refractivity contribution in [2.45, 2.75) is 13.8 Å². The van der Waals surface area contributed by atoms with Gasteiger partial charge in [-0.2, -0.15) is 5.26 Å². The van der Waals surface area contributed by atoms with Gasteiger partial charge >= 0.3 is 7.12 Å². The lowest BCUT2D eigenvalue weighted by molar-refractivity contribution is 0.0886. The fourth-order valence-electron chi connectivity index (χ4n) is 1.48. The molecule has 0 radical (unpaired) electrons. The number of benzene rings is 1. The summed E-state index contributed by atoms with van der Waals surface area (Å²) in [5, 5.41) is 28.2. The summed E-state index contributed by atoms with van der Waals surface area (Å²) in [5.41, 5.74) is 0.155. The van der Waals surface area contributed by atoms with Crippen molar-refractivity contribution in [2.75, 3.05) is 20.3 Å². The number of aliphatic hydroxyl groups is 1. The second-order valence-electron chi connectivity index (χ2n) is 5.02. The Kier molecular flexibility index (Phi) is 5.37. The fraction of sp³-hybridized carbons (Fsp3) is 0.462. The van der Waals surface area contributed by atoms with Crippen LogP contribution in [0.3, 0.4) is 0 Å². The third kappa shape index (κ3) is 3.96. The molecular formula is C13H18BNO4. The van der Waals surface area contributed by atoms with Gasteiger partial charge in [0.25, 0.3) is 0 Å². The number of nitriles is 1. The van der Waals surface area contributed by atoms with Crippen LogP contribution >= 0.6 is 0 Å². The van der Waals surface area contributed by atoms with Gasteiger partial charge in [-0.25, -0.2) is 0 Å². The monoisotopic (exact) mass is 263 g/mol. The van der Waals surface area contributed by atoms with Crippen LogP contribution in [-0.2, 0) is 4.65 Å². The Bertz CT molecular complexity index is 470. The molecule has 5 nitrogen and oxygen atoms in total. The first kappa shape index (κ1) is 15.5. The predicted octanol–water partition coefficient (Wildman–Crippen LogP) is 0.289. The third-order valence-electron chi connectivity index (χ3n) is 2.72. The van der Waals surface area contributed by atoms with E-state index in [0.29, 0.717) is 11.2 Å². The quantitative estimate of drug-likeness (QED) is 0.721. The SMILES string of the molecule is COc1cccc(B(O)OCC(C)(C)CO)c1C#N. The van der Waals surface area contributed by atoms with Crippen LogP contribution in [0.1, 0.15) is 19.4 Å². The van der Waals surface area contributed by atoms with Gasteiger partial charge in [0.1, 0.15) is 11.8 Å². The summed E-state index contributed by atoms with van der Waals surface area (Å²) in [5.74, 6) is 0.393. The first-order valence-electron chi connectivity index (χ1n) is 5.92. The molecule has 0 aliphatic heterocycles. The average Bonchev–Trinajstić information content (AvgIpc) is 2.43. The molecule has 0 spiro atoms. The molecule has 0 saturated carbocycles. The highest BCUT2D eigenvalue weighted by Gasteiger charge is 2.26. The van der Waals surface area contributed by atoms with E-state index < -0.39 is 12.5 Å². The minimum absolute atomic E-state index is 0.0526. The second kappa shape index (κ2) is 6.57. The molecule has 1 rings (SSSR count). The van der Waals surface area contributed by atoms with E-state index in [0.717, 1.165) is 0 Å². The first-order valence-corrected chi connectivity index (χ1v) is 5.92. The first-order chi connectivity index (χ1) is 8.95. The van der Waals surface area contributed by atoms with E-state index in [2.05, 4.69) is 0 Å². The number of aliphatic hydroxyl groups excluding tert-OH is 1. The van der Waals surface area contributed by atoms with Crippen LogP contribution in [0.2, 0.25) is 0 Å². The second-order valence-corrected chi connectivity index (χ2v) is 5.02. The molecule has 2 N–H and O–H groups in total. The van der Waals surface area contributed by atoms with Crippen molar-refractivity contribution in [3.63, 3.8) is 0 Å². The van der Waals surface area contributed by atoms with Crippen LogP contribution in [0, 0.1) is 16.7 Å². The molecule has 0 saturated heterocycles. The Morgan fingerprint density at radius 1 is 1.42 bits per heavy atom. The smallest absolute Gasteiger partial charge is 0.492 e. The number of hydrogen-bond donors (Lipinski definition) is 2. The molecule has 0 aliphatic rings. The van der Waals surface area contributed by atoms with E-state index in [1.807, 2.05) is 19.9 Å². The molecule has 6 heteroatoms. The molecule has 0 bridgehead atoms. The lowest BCUT2D eigenvalue weighted by atomic mass is 9.76. The van der Waals surface area contributed by atoms with E-state index in [1.165, 1.54) is 7.11 Å². The maximum Gasteiger partial charge on any atom is 0.492 e. The highest BCUT2D eigenvalue weighted by molar-refractivity contribution is 6.60. The van der Waals surface area contributed by atoms with Crippen molar-refractivity contribution in [1.82, 2.24) is 0 Å². The van der Waals surface area contributed by atoms with Gasteiger partial charge in [-0.05, 0) is 6.07 Å². The van der Waals surface area contributed by atoms with Crippen molar-refractivity contribution in [3.8, 4) is 11.8 Å². The molecule has 0 amide bonds. The Morgan fingerprint density at radius 2 is 2.11 bits per heavy atom. The molecule has 0 aromatic heterocycles. The van der Waals surface area contributed by atoms with Gasteiger partial charge in [-0.3, -0.25) is 0 Å². The number of rotatable bonds is 6. The molecule has 0 fully saturated rings. The molecule has 102 valence electrons. The number of nitrogens with zero attached hydrogens (tertiary/aromatic N) is 1. The van der Waals surface area contributed by atoms with Crippen LogP contribution in [0.4, 0.5) is 0 Å². The van der Waals surface area contributed by atoms with Gasteiger partial charge in [0.05, 0.1) is 19.3 Å². The van der Waals surface area contributed by atoms with Gasteiger partial charge < -0.3 is 19.5 Å². The minimum atomic E-state index is -1.23. The minimum Gasteiger partial charge on any atom is -0.495 e. The zero-order chi connectivity index (χ0) is 14.5. The van der Waals surface area contributed by atoms with E-state index in [1.54, 1.807) is 18.2 Å². The summed E-state index contributed by atoms with van der Waals surface area (Å²) in [6.45, 7) is 3.75. The van der Waals surface area contributed by atoms with Gasteiger partial charge in [-0.1, -0.05) is 26.0 Å². The lowest BCUT2D eigenvalue weighted by Crippen LogP contribution is -2.39. The standard InChI is InChI=1S/C13H18BNO4/c1-13(2,8-16)9-19-14(17)11-5-4-6-12(18-3)10(11)7-15/h4-6,16-17H,8-9H2,1-3H3. The van der Waals surface area contributed by atoms with E-state index in [9.17, 15) is 5.02 Å². The Balaban J connectivity index is 2.89. The van der Waals surface area contributed by atoms with Crippen molar-refractivity contribution in [3.05, 3.63) is 23.8 Å². The summed E-state index contributed by atoms with van der Waals surface area (Å²) in [4.78, 5) is 0. The molecule has 1 aromatic rings. The number of hydrogen-bond acceptors (Lipinski definition) is 5. The van der Waals surface area contributed by atoms with E-state index >= 15 is 0 Å². The Hall–Kier alpha value is -1.55. The van der Waals surface area contributed by atoms with Gasteiger partial charge in [0, 0.05) is 17.5 Å². The summed E-state index contributed by atoms with van der Waals surface area (Å²) in [6.07, 6.45) is 0. The van der Waals surface area contributed by atoms with E-state index in [-0.39, 0.29) is 18.8 Å². The van der Waals surface area contributed by atoms with Gasteiger partial charge in [0.15, 0.2) is 0 Å². The maximum absolute atomic E-state index is 10.0. The van der Waals surface area contributed by atoms with Gasteiger partial charge in [0.2, 0.25) is 0 Å². The Morgan fingerprint density at radius 3 is 2.63 bits per heavy atom. The zero-order valence-electron chi connectivity index (χ0n) is 11.4. The van der Waals surface area contributed by atoms with Crippen LogP contribution < -0.4 is 10.2 Å². The van der Waals surface area contributed by atoms with Crippen LogP contribution in [0.5, 0.6) is 5.75 Å². The summed E-state index contributed by atoms with van der Waals surface area (Å²) in [7, 11) is 0.234. The lowest BCUT2D eigenvalue weighted by Gasteiger charge is -2.22. The van der Waals surface area contributed by atoms with Crippen LogP contribution in [0.25, 0.3) is 0 Å². The summed E-state index contributed by atoms with van der Waals surface area (Å²) in [6, 6.07) is 6.93. The van der Waals surface area contributed by atoms with Crippen LogP contribution in [0.15, 0.2) is 18.2 Å². The Labute approximate surface area is 113 Å². The number of methoxy groups -OCH3 is 1. The zero-order valence-corrected chi connectivity index (χ0v) is 11.4. The molecule has 0 atom stereocenters. The molecule has 0 heterocycles. The number of ether oxygens (including phenoxy) is 1. The molecule has 0 aliphatic carbocycles. The van der Waals surface area contributed by atoms with Crippen molar-refractivity contribution in [1.29, 1.82) is 5.26 Å². The van der Waals surface area contributed by atoms with E-state index in [4.69, 9.17) is 19.8 Å². The molecule has 19 heavy (non-hydrogen) atoms. The van der Waals surface area contributed by atoms with Gasteiger partial charge in [-0.15, -0.1) is 0 Å². The highest BCUT2D eigenvalue weighted by Crippen LogP contribution is 2.17. The van der Waals surface area contributed by atoms with Crippen LogP contribution in [-0.4, -0.2) is 37.6 Å². The normalized spacial score (nSPS) is 10.9. The summed E-state index contributed by atoms with van der Waals surface area (Å²) >= 11 is 0. The maximum atomic E-state index is 10.0. The summed E-state index contributed by atoms with van der Waals surface area (Å²) < 4.78 is 10.4. The molecule has 0 unspecified atom stereocenters. The highest BCUT2D eigenvalue weighted by atomic mass is 16.5. The molecular weight excluding hydrogens is 245 g/mol. The average molecular weight is 263 g/mol. The predicted molar refractivity (Wildman–Crippen MR) is 72.1 cm³/mol. The van der Waals surface area contributed by atoms with Crippen molar-refractivity contribution in [2.24, 2.45) is 5.41 Å². The third-order valence-corrected chi connectivity index (χ3v) is 2.72. The van der Waals surface area contributed by atoms with Crippen molar-refractivity contribution >= 4 is 12.6 Å². The van der Waals surface area contributed by atoms with Crippen molar-refractivity contribution < 1.29 is 19.5 Å². The fourth-order valence-corrected chi connectivity index (χ4v) is 1.48. The topological polar surface area (TPSA) is 82.7 Å².